The first-order valence-corrected chi connectivity index (χ1v) is 7.56. The van der Waals surface area contributed by atoms with Crippen LogP contribution in [0.15, 0.2) is 36.4 Å². The average Bonchev–Trinajstić information content (AvgIpc) is 2.50. The molecule has 0 aromatic heterocycles. The van der Waals surface area contributed by atoms with Crippen molar-refractivity contribution in [2.24, 2.45) is 0 Å². The van der Waals surface area contributed by atoms with Crippen molar-refractivity contribution in [3.8, 4) is 0 Å². The predicted octanol–water partition coefficient (Wildman–Crippen LogP) is 4.24. The second-order valence-corrected chi connectivity index (χ2v) is 5.54. The molecule has 0 fully saturated rings. The first-order valence-electron chi connectivity index (χ1n) is 6.80. The summed E-state index contributed by atoms with van der Waals surface area (Å²) >= 11 is 11.9. The van der Waals surface area contributed by atoms with Gasteiger partial charge in [0.25, 0.3) is 5.69 Å². The summed E-state index contributed by atoms with van der Waals surface area (Å²) in [7, 11) is 0. The lowest BCUT2D eigenvalue weighted by atomic mass is 10.2. The monoisotopic (exact) mass is 357 g/mol. The minimum absolute atomic E-state index is 0.0622. The summed E-state index contributed by atoms with van der Waals surface area (Å²) in [4.78, 5) is 10.1. The first kappa shape index (κ1) is 17.5. The Morgan fingerprint density at radius 3 is 2.57 bits per heavy atom. The minimum Gasteiger partial charge on any atom is -0.383 e. The van der Waals surface area contributed by atoms with Gasteiger partial charge in [-0.15, -0.1) is 0 Å². The smallest absolute Gasteiger partial charge is 0.271 e. The molecule has 0 atom stereocenters. The zero-order valence-electron chi connectivity index (χ0n) is 12.0. The number of anilines is 1. The van der Waals surface area contributed by atoms with Crippen LogP contribution in [0.25, 0.3) is 0 Å². The quantitative estimate of drug-likeness (QED) is 0.441. The van der Waals surface area contributed by atoms with E-state index in [0.29, 0.717) is 35.9 Å². The maximum atomic E-state index is 13.6. The van der Waals surface area contributed by atoms with Gasteiger partial charge in [0, 0.05) is 42.4 Å². The second-order valence-electron chi connectivity index (χ2n) is 4.73. The van der Waals surface area contributed by atoms with Crippen LogP contribution in [-0.2, 0) is 6.54 Å². The molecule has 2 N–H and O–H groups in total. The summed E-state index contributed by atoms with van der Waals surface area (Å²) in [6.45, 7) is 1.36. The molecule has 0 spiro atoms. The van der Waals surface area contributed by atoms with Crippen LogP contribution in [0.3, 0.4) is 0 Å². The molecule has 0 aliphatic rings. The van der Waals surface area contributed by atoms with Gasteiger partial charge in [0.1, 0.15) is 5.82 Å². The zero-order valence-corrected chi connectivity index (χ0v) is 13.5. The average molecular weight is 358 g/mol. The van der Waals surface area contributed by atoms with Crippen molar-refractivity contribution >= 4 is 34.6 Å². The van der Waals surface area contributed by atoms with Crippen LogP contribution in [0.2, 0.25) is 10.0 Å². The number of nitrogens with zero attached hydrogens (tertiary/aromatic N) is 1. The molecule has 0 aliphatic carbocycles. The third kappa shape index (κ3) is 4.79. The van der Waals surface area contributed by atoms with Crippen LogP contribution in [-0.4, -0.2) is 18.0 Å². The van der Waals surface area contributed by atoms with Gasteiger partial charge < -0.3 is 10.6 Å². The van der Waals surface area contributed by atoms with Crippen LogP contribution in [0.4, 0.5) is 15.8 Å². The van der Waals surface area contributed by atoms with E-state index in [1.54, 1.807) is 18.2 Å². The van der Waals surface area contributed by atoms with E-state index in [0.717, 1.165) is 0 Å². The van der Waals surface area contributed by atoms with E-state index in [9.17, 15) is 14.5 Å². The number of benzene rings is 2. The molecule has 23 heavy (non-hydrogen) atoms. The standard InChI is InChI=1S/C15H14Cl2FN3O2/c16-12-2-1-3-14(18)11(12)9-19-6-7-20-15-5-4-10(21(22)23)8-13(15)17/h1-5,8,19-20H,6-7,9H2. The Labute approximate surface area is 142 Å². The third-order valence-electron chi connectivity index (χ3n) is 3.14. The van der Waals surface area contributed by atoms with Gasteiger partial charge in [0.15, 0.2) is 0 Å². The molecule has 8 heteroatoms. The van der Waals surface area contributed by atoms with Crippen molar-refractivity contribution in [3.63, 3.8) is 0 Å². The molecule has 122 valence electrons. The number of halogens is 3. The van der Waals surface area contributed by atoms with Crippen molar-refractivity contribution in [2.75, 3.05) is 18.4 Å². The number of non-ortho nitro benzene ring substituents is 1. The molecule has 0 aliphatic heterocycles. The Balaban J connectivity index is 1.81. The molecule has 0 radical (unpaired) electrons. The highest BCUT2D eigenvalue weighted by Gasteiger charge is 2.09. The summed E-state index contributed by atoms with van der Waals surface area (Å²) in [5, 5.41) is 17.4. The van der Waals surface area contributed by atoms with E-state index in [2.05, 4.69) is 10.6 Å². The van der Waals surface area contributed by atoms with Crippen LogP contribution in [0, 0.1) is 15.9 Å². The van der Waals surface area contributed by atoms with Gasteiger partial charge >= 0.3 is 0 Å². The van der Waals surface area contributed by atoms with Crippen LogP contribution >= 0.6 is 23.2 Å². The summed E-state index contributed by atoms with van der Waals surface area (Å²) in [5.41, 5.74) is 0.957. The van der Waals surface area contributed by atoms with E-state index in [4.69, 9.17) is 23.2 Å². The zero-order chi connectivity index (χ0) is 16.8. The highest BCUT2D eigenvalue weighted by Crippen LogP contribution is 2.26. The van der Waals surface area contributed by atoms with Gasteiger partial charge in [-0.25, -0.2) is 4.39 Å². The molecule has 0 saturated heterocycles. The van der Waals surface area contributed by atoms with Crippen molar-refractivity contribution in [3.05, 3.63) is 67.9 Å². The maximum absolute atomic E-state index is 13.6. The summed E-state index contributed by atoms with van der Waals surface area (Å²) < 4.78 is 13.6. The van der Waals surface area contributed by atoms with E-state index in [1.807, 2.05) is 0 Å². The van der Waals surface area contributed by atoms with Gasteiger partial charge in [-0.1, -0.05) is 29.3 Å². The normalized spacial score (nSPS) is 10.6. The lowest BCUT2D eigenvalue weighted by Gasteiger charge is -2.10. The van der Waals surface area contributed by atoms with E-state index in [1.165, 1.54) is 18.2 Å². The molecule has 0 heterocycles. The minimum atomic E-state index is -0.505. The molecule has 0 bridgehead atoms. The highest BCUT2D eigenvalue weighted by atomic mass is 35.5. The van der Waals surface area contributed by atoms with Gasteiger partial charge in [-0.2, -0.15) is 0 Å². The molecule has 5 nitrogen and oxygen atoms in total. The lowest BCUT2D eigenvalue weighted by Crippen LogP contribution is -2.22. The maximum Gasteiger partial charge on any atom is 0.271 e. The van der Waals surface area contributed by atoms with Crippen molar-refractivity contribution in [2.45, 2.75) is 6.54 Å². The fourth-order valence-corrected chi connectivity index (χ4v) is 2.43. The Kier molecular flexibility index (Phi) is 6.15. The highest BCUT2D eigenvalue weighted by molar-refractivity contribution is 6.33. The van der Waals surface area contributed by atoms with Crippen molar-refractivity contribution < 1.29 is 9.31 Å². The summed E-state index contributed by atoms with van der Waals surface area (Å²) in [6.07, 6.45) is 0. The van der Waals surface area contributed by atoms with Crippen LogP contribution < -0.4 is 10.6 Å². The van der Waals surface area contributed by atoms with E-state index >= 15 is 0 Å². The Morgan fingerprint density at radius 1 is 1.13 bits per heavy atom. The second kappa shape index (κ2) is 8.10. The molecule has 2 aromatic rings. The first-order chi connectivity index (χ1) is 11.0. The molecular formula is C15H14Cl2FN3O2. The molecular weight excluding hydrogens is 344 g/mol. The van der Waals surface area contributed by atoms with Crippen molar-refractivity contribution in [1.82, 2.24) is 5.32 Å². The van der Waals surface area contributed by atoms with Gasteiger partial charge in [-0.3, -0.25) is 10.1 Å². The Hall–Kier alpha value is -1.89. The van der Waals surface area contributed by atoms with E-state index in [-0.39, 0.29) is 16.5 Å². The fourth-order valence-electron chi connectivity index (χ4n) is 1.96. The number of rotatable bonds is 7. The van der Waals surface area contributed by atoms with Gasteiger partial charge in [0.05, 0.1) is 15.6 Å². The number of nitro groups is 1. The molecule has 0 unspecified atom stereocenters. The Bertz CT molecular complexity index is 693. The molecule has 2 aromatic carbocycles. The number of hydrogen-bond donors (Lipinski definition) is 2. The van der Waals surface area contributed by atoms with Gasteiger partial charge in [-0.05, 0) is 18.2 Å². The van der Waals surface area contributed by atoms with Crippen LogP contribution in [0.5, 0.6) is 0 Å². The predicted molar refractivity (Wildman–Crippen MR) is 89.7 cm³/mol. The van der Waals surface area contributed by atoms with E-state index < -0.39 is 4.92 Å². The Morgan fingerprint density at radius 2 is 1.91 bits per heavy atom. The molecule has 2 rings (SSSR count). The third-order valence-corrected chi connectivity index (χ3v) is 3.81. The lowest BCUT2D eigenvalue weighted by molar-refractivity contribution is -0.384. The number of nitro benzene ring substituents is 1. The summed E-state index contributed by atoms with van der Waals surface area (Å²) in [6, 6.07) is 8.76. The van der Waals surface area contributed by atoms with Gasteiger partial charge in [0.2, 0.25) is 0 Å². The summed E-state index contributed by atoms with van der Waals surface area (Å²) in [5.74, 6) is -0.351. The van der Waals surface area contributed by atoms with Crippen molar-refractivity contribution in [1.29, 1.82) is 0 Å². The number of hydrogen-bond acceptors (Lipinski definition) is 4. The molecule has 0 amide bonds. The van der Waals surface area contributed by atoms with Crippen LogP contribution in [0.1, 0.15) is 5.56 Å². The largest absolute Gasteiger partial charge is 0.383 e. The SMILES string of the molecule is O=[N+]([O-])c1ccc(NCCNCc2c(F)cccc2Cl)c(Cl)c1. The number of nitrogens with one attached hydrogen (secondary N) is 2. The topological polar surface area (TPSA) is 67.2 Å². The fraction of sp³-hybridized carbons (Fsp3) is 0.200. The molecule has 0 saturated carbocycles.